The average molecular weight is 216 g/mol. The van der Waals surface area contributed by atoms with E-state index in [0.717, 1.165) is 18.7 Å². The summed E-state index contributed by atoms with van der Waals surface area (Å²) >= 11 is 0. The van der Waals surface area contributed by atoms with Crippen molar-refractivity contribution in [3.63, 3.8) is 0 Å². The molecule has 1 aliphatic rings. The summed E-state index contributed by atoms with van der Waals surface area (Å²) in [5.41, 5.74) is 7.26. The Morgan fingerprint density at radius 1 is 1.62 bits per heavy atom. The first-order chi connectivity index (χ1) is 7.85. The van der Waals surface area contributed by atoms with E-state index < -0.39 is 0 Å². The Balaban J connectivity index is 2.12. The highest BCUT2D eigenvalue weighted by Crippen LogP contribution is 2.19. The molecule has 0 aliphatic carbocycles. The fourth-order valence-electron chi connectivity index (χ4n) is 2.26. The summed E-state index contributed by atoms with van der Waals surface area (Å²) in [5, 5.41) is 8.96. The topological polar surface area (TPSA) is 65.9 Å². The van der Waals surface area contributed by atoms with E-state index in [9.17, 15) is 0 Å². The van der Waals surface area contributed by atoms with Crippen LogP contribution < -0.4 is 5.73 Å². The van der Waals surface area contributed by atoms with Crippen molar-refractivity contribution in [3.05, 3.63) is 29.6 Å². The van der Waals surface area contributed by atoms with Crippen molar-refractivity contribution < 1.29 is 0 Å². The highest BCUT2D eigenvalue weighted by molar-refractivity contribution is 5.30. The predicted octanol–water partition coefficient (Wildman–Crippen LogP) is 0.876. The standard InChI is InChI=1S/C12H16N4/c13-7-11-4-2-6-16(11)9-10-3-1-5-15-12(10)8-14/h1,3,5,11H,2,4,6-7,9,13H2. The number of nitrogens with two attached hydrogens (primary N) is 1. The number of aromatic nitrogens is 1. The van der Waals surface area contributed by atoms with E-state index in [4.69, 9.17) is 11.0 Å². The lowest BCUT2D eigenvalue weighted by molar-refractivity contribution is 0.250. The normalized spacial score (nSPS) is 20.9. The molecule has 1 aromatic rings. The van der Waals surface area contributed by atoms with E-state index in [1.54, 1.807) is 6.20 Å². The van der Waals surface area contributed by atoms with Crippen LogP contribution in [-0.2, 0) is 6.54 Å². The molecule has 16 heavy (non-hydrogen) atoms. The lowest BCUT2D eigenvalue weighted by Gasteiger charge is -2.23. The van der Waals surface area contributed by atoms with Gasteiger partial charge in [0.05, 0.1) is 0 Å². The first-order valence-corrected chi connectivity index (χ1v) is 5.63. The van der Waals surface area contributed by atoms with Crippen molar-refractivity contribution in [2.45, 2.75) is 25.4 Å². The summed E-state index contributed by atoms with van der Waals surface area (Å²) < 4.78 is 0. The third-order valence-electron chi connectivity index (χ3n) is 3.14. The molecule has 2 heterocycles. The molecule has 0 aromatic carbocycles. The van der Waals surface area contributed by atoms with Crippen LogP contribution in [0.4, 0.5) is 0 Å². The quantitative estimate of drug-likeness (QED) is 0.814. The Kier molecular flexibility index (Phi) is 3.50. The highest BCUT2D eigenvalue weighted by atomic mass is 15.2. The third kappa shape index (κ3) is 2.21. The van der Waals surface area contributed by atoms with E-state index in [0.29, 0.717) is 18.3 Å². The highest BCUT2D eigenvalue weighted by Gasteiger charge is 2.23. The fraction of sp³-hybridized carbons (Fsp3) is 0.500. The molecule has 0 bridgehead atoms. The Labute approximate surface area is 95.7 Å². The van der Waals surface area contributed by atoms with Crippen LogP contribution in [0.3, 0.4) is 0 Å². The minimum Gasteiger partial charge on any atom is -0.329 e. The Bertz CT molecular complexity index is 396. The molecule has 1 saturated heterocycles. The van der Waals surface area contributed by atoms with Crippen LogP contribution in [0.5, 0.6) is 0 Å². The smallest absolute Gasteiger partial charge is 0.144 e. The first kappa shape index (κ1) is 11.1. The van der Waals surface area contributed by atoms with Gasteiger partial charge in [-0.2, -0.15) is 5.26 Å². The number of nitriles is 1. The molecule has 1 aliphatic heterocycles. The number of nitrogens with zero attached hydrogens (tertiary/aromatic N) is 3. The molecule has 0 radical (unpaired) electrons. The van der Waals surface area contributed by atoms with Crippen molar-refractivity contribution in [2.75, 3.05) is 13.1 Å². The molecule has 0 saturated carbocycles. The molecule has 0 spiro atoms. The zero-order valence-electron chi connectivity index (χ0n) is 9.26. The number of hydrogen-bond acceptors (Lipinski definition) is 4. The van der Waals surface area contributed by atoms with Gasteiger partial charge in [-0.3, -0.25) is 4.90 Å². The lowest BCUT2D eigenvalue weighted by atomic mass is 10.1. The molecule has 4 nitrogen and oxygen atoms in total. The molecule has 1 unspecified atom stereocenters. The lowest BCUT2D eigenvalue weighted by Crippen LogP contribution is -2.35. The SMILES string of the molecule is N#Cc1ncccc1CN1CCCC1CN. The molecule has 2 rings (SSSR count). The largest absolute Gasteiger partial charge is 0.329 e. The van der Waals surface area contributed by atoms with Gasteiger partial charge in [0.2, 0.25) is 0 Å². The van der Waals surface area contributed by atoms with Gasteiger partial charge in [-0.1, -0.05) is 6.07 Å². The average Bonchev–Trinajstić information content (AvgIpc) is 2.77. The maximum absolute atomic E-state index is 8.96. The van der Waals surface area contributed by atoms with Crippen molar-refractivity contribution in [2.24, 2.45) is 5.73 Å². The summed E-state index contributed by atoms with van der Waals surface area (Å²) in [6, 6.07) is 6.45. The van der Waals surface area contributed by atoms with E-state index in [1.807, 2.05) is 12.1 Å². The second-order valence-electron chi connectivity index (χ2n) is 4.13. The maximum atomic E-state index is 8.96. The van der Waals surface area contributed by atoms with Crippen molar-refractivity contribution >= 4 is 0 Å². The molecule has 2 N–H and O–H groups in total. The summed E-state index contributed by atoms with van der Waals surface area (Å²) in [4.78, 5) is 6.42. The summed E-state index contributed by atoms with van der Waals surface area (Å²) in [6.07, 6.45) is 4.02. The molecule has 0 amide bonds. The summed E-state index contributed by atoms with van der Waals surface area (Å²) in [6.45, 7) is 2.56. The molecule has 1 fully saturated rings. The van der Waals surface area contributed by atoms with E-state index in [1.165, 1.54) is 12.8 Å². The van der Waals surface area contributed by atoms with Crippen LogP contribution in [0.1, 0.15) is 24.1 Å². The van der Waals surface area contributed by atoms with Gasteiger partial charge in [0.15, 0.2) is 0 Å². The van der Waals surface area contributed by atoms with Gasteiger partial charge < -0.3 is 5.73 Å². The van der Waals surface area contributed by atoms with Gasteiger partial charge in [0.1, 0.15) is 11.8 Å². The molecule has 1 aromatic heterocycles. The van der Waals surface area contributed by atoms with Gasteiger partial charge in [-0.15, -0.1) is 0 Å². The fourth-order valence-corrected chi connectivity index (χ4v) is 2.26. The zero-order valence-corrected chi connectivity index (χ0v) is 9.26. The van der Waals surface area contributed by atoms with Gasteiger partial charge in [-0.25, -0.2) is 4.98 Å². The van der Waals surface area contributed by atoms with Gasteiger partial charge >= 0.3 is 0 Å². The summed E-state index contributed by atoms with van der Waals surface area (Å²) in [5.74, 6) is 0. The Morgan fingerprint density at radius 3 is 3.25 bits per heavy atom. The number of likely N-dealkylation sites (tertiary alicyclic amines) is 1. The molecule has 84 valence electrons. The molecule has 4 heteroatoms. The van der Waals surface area contributed by atoms with E-state index in [-0.39, 0.29) is 0 Å². The van der Waals surface area contributed by atoms with E-state index >= 15 is 0 Å². The maximum Gasteiger partial charge on any atom is 0.144 e. The van der Waals surface area contributed by atoms with Crippen LogP contribution in [0, 0.1) is 11.3 Å². The molecule has 1 atom stereocenters. The van der Waals surface area contributed by atoms with Gasteiger partial charge in [-0.05, 0) is 25.5 Å². The Hall–Kier alpha value is -1.44. The Morgan fingerprint density at radius 2 is 2.50 bits per heavy atom. The third-order valence-corrected chi connectivity index (χ3v) is 3.14. The van der Waals surface area contributed by atoms with Crippen LogP contribution >= 0.6 is 0 Å². The minimum absolute atomic E-state index is 0.465. The predicted molar refractivity (Wildman–Crippen MR) is 61.4 cm³/mol. The molecular formula is C12H16N4. The minimum atomic E-state index is 0.465. The van der Waals surface area contributed by atoms with Crippen molar-refractivity contribution in [1.82, 2.24) is 9.88 Å². The van der Waals surface area contributed by atoms with Crippen molar-refractivity contribution in [1.29, 1.82) is 5.26 Å². The zero-order chi connectivity index (χ0) is 11.4. The van der Waals surface area contributed by atoms with Crippen LogP contribution in [0.2, 0.25) is 0 Å². The van der Waals surface area contributed by atoms with Crippen LogP contribution in [0.25, 0.3) is 0 Å². The number of pyridine rings is 1. The van der Waals surface area contributed by atoms with Gasteiger partial charge in [0.25, 0.3) is 0 Å². The van der Waals surface area contributed by atoms with E-state index in [2.05, 4.69) is 16.0 Å². The van der Waals surface area contributed by atoms with Crippen LogP contribution in [-0.4, -0.2) is 29.0 Å². The molecular weight excluding hydrogens is 200 g/mol. The van der Waals surface area contributed by atoms with Gasteiger partial charge in [0, 0.05) is 30.9 Å². The second-order valence-corrected chi connectivity index (χ2v) is 4.13. The monoisotopic (exact) mass is 216 g/mol. The number of hydrogen-bond donors (Lipinski definition) is 1. The first-order valence-electron chi connectivity index (χ1n) is 5.63. The summed E-state index contributed by atoms with van der Waals surface area (Å²) in [7, 11) is 0. The van der Waals surface area contributed by atoms with Crippen molar-refractivity contribution in [3.8, 4) is 6.07 Å². The van der Waals surface area contributed by atoms with Crippen LogP contribution in [0.15, 0.2) is 18.3 Å². The second kappa shape index (κ2) is 5.06. The number of rotatable bonds is 3.